The van der Waals surface area contributed by atoms with E-state index in [9.17, 15) is 4.79 Å². The number of amides is 1. The predicted octanol–water partition coefficient (Wildman–Crippen LogP) is 2.66. The van der Waals surface area contributed by atoms with Gasteiger partial charge < -0.3 is 9.88 Å². The minimum absolute atomic E-state index is 0.150. The molecule has 0 aliphatic carbocycles. The molecule has 0 radical (unpaired) electrons. The summed E-state index contributed by atoms with van der Waals surface area (Å²) in [6.07, 6.45) is 5.08. The fourth-order valence-electron chi connectivity index (χ4n) is 1.33. The van der Waals surface area contributed by atoms with Crippen LogP contribution in [-0.2, 0) is 11.8 Å². The molecule has 0 aliphatic rings. The van der Waals surface area contributed by atoms with Crippen molar-refractivity contribution in [2.45, 2.75) is 5.16 Å². The number of benzene rings is 1. The molecule has 92 valence electrons. The number of nitrogens with zero attached hydrogens (tertiary/aromatic N) is 2. The number of aromatic nitrogens is 2. The molecule has 1 heterocycles. The van der Waals surface area contributed by atoms with Gasteiger partial charge >= 0.3 is 0 Å². The molecule has 0 aliphatic heterocycles. The second kappa shape index (κ2) is 6.07. The largest absolute Gasteiger partial charge is 0.329 e. The van der Waals surface area contributed by atoms with Crippen LogP contribution in [0.25, 0.3) is 0 Å². The molecule has 0 saturated carbocycles. The Hall–Kier alpha value is -2.01. The van der Waals surface area contributed by atoms with Gasteiger partial charge in [0.05, 0.1) is 0 Å². The zero-order valence-electron chi connectivity index (χ0n) is 9.91. The van der Waals surface area contributed by atoms with Crippen molar-refractivity contribution in [2.75, 3.05) is 5.32 Å². The van der Waals surface area contributed by atoms with Crippen molar-refractivity contribution in [1.82, 2.24) is 9.55 Å². The minimum atomic E-state index is -0.150. The van der Waals surface area contributed by atoms with E-state index in [1.807, 2.05) is 48.1 Å². The Bertz CT molecular complexity index is 548. The highest BCUT2D eigenvalue weighted by atomic mass is 32.2. The van der Waals surface area contributed by atoms with Gasteiger partial charge in [0.2, 0.25) is 5.91 Å². The number of rotatable bonds is 4. The number of hydrogen-bond acceptors (Lipinski definition) is 3. The Morgan fingerprint density at radius 1 is 1.39 bits per heavy atom. The highest BCUT2D eigenvalue weighted by molar-refractivity contribution is 8.02. The lowest BCUT2D eigenvalue weighted by molar-refractivity contribution is -0.111. The van der Waals surface area contributed by atoms with Crippen molar-refractivity contribution >= 4 is 23.4 Å². The number of para-hydroxylation sites is 1. The summed E-state index contributed by atoms with van der Waals surface area (Å²) in [7, 11) is 1.91. The van der Waals surface area contributed by atoms with Crippen LogP contribution in [0.1, 0.15) is 0 Å². The average molecular weight is 259 g/mol. The molecule has 1 aromatic carbocycles. The molecule has 1 amide bonds. The van der Waals surface area contributed by atoms with E-state index in [-0.39, 0.29) is 5.91 Å². The molecule has 1 N–H and O–H groups in total. The molecular weight excluding hydrogens is 246 g/mol. The third-order valence-corrected chi connectivity index (χ3v) is 3.09. The number of hydrogen-bond donors (Lipinski definition) is 1. The molecule has 18 heavy (non-hydrogen) atoms. The number of anilines is 1. The van der Waals surface area contributed by atoms with Crippen LogP contribution < -0.4 is 5.32 Å². The van der Waals surface area contributed by atoms with E-state index in [2.05, 4.69) is 10.3 Å². The number of carbonyl (C=O) groups excluding carboxylic acids is 1. The standard InChI is InChI=1S/C13H13N3OS/c1-16-9-8-14-13(16)18-10-7-12(17)15-11-5-3-2-4-6-11/h2-10H,1H3,(H,15,17)/b10-7+. The number of nitrogens with one attached hydrogen (secondary N) is 1. The van der Waals surface area contributed by atoms with Gasteiger partial charge in [-0.15, -0.1) is 0 Å². The second-order valence-electron chi connectivity index (χ2n) is 3.60. The van der Waals surface area contributed by atoms with Crippen molar-refractivity contribution < 1.29 is 4.79 Å². The molecular formula is C13H13N3OS. The van der Waals surface area contributed by atoms with E-state index < -0.39 is 0 Å². The van der Waals surface area contributed by atoms with Crippen LogP contribution in [0.2, 0.25) is 0 Å². The maximum Gasteiger partial charge on any atom is 0.248 e. The highest BCUT2D eigenvalue weighted by Crippen LogP contribution is 2.15. The molecule has 0 atom stereocenters. The van der Waals surface area contributed by atoms with Gasteiger partial charge in [0.15, 0.2) is 5.16 Å². The molecule has 2 rings (SSSR count). The maximum absolute atomic E-state index is 11.6. The predicted molar refractivity (Wildman–Crippen MR) is 73.3 cm³/mol. The Labute approximate surface area is 110 Å². The van der Waals surface area contributed by atoms with Crippen molar-refractivity contribution in [3.8, 4) is 0 Å². The molecule has 0 bridgehead atoms. The average Bonchev–Trinajstić information content (AvgIpc) is 2.76. The lowest BCUT2D eigenvalue weighted by atomic mass is 10.3. The monoisotopic (exact) mass is 259 g/mol. The lowest BCUT2D eigenvalue weighted by Crippen LogP contribution is -2.07. The van der Waals surface area contributed by atoms with Crippen molar-refractivity contribution in [3.63, 3.8) is 0 Å². The number of carbonyl (C=O) groups is 1. The normalized spacial score (nSPS) is 10.7. The summed E-state index contributed by atoms with van der Waals surface area (Å²) >= 11 is 1.40. The number of aryl methyl sites for hydroxylation is 1. The first-order chi connectivity index (χ1) is 8.75. The Kier molecular flexibility index (Phi) is 4.20. The van der Waals surface area contributed by atoms with Crippen LogP contribution in [-0.4, -0.2) is 15.5 Å². The zero-order chi connectivity index (χ0) is 12.8. The lowest BCUT2D eigenvalue weighted by Gasteiger charge is -2.00. The Morgan fingerprint density at radius 3 is 2.83 bits per heavy atom. The molecule has 0 unspecified atom stereocenters. The van der Waals surface area contributed by atoms with E-state index in [0.29, 0.717) is 0 Å². The van der Waals surface area contributed by atoms with E-state index in [1.165, 1.54) is 17.8 Å². The SMILES string of the molecule is Cn1ccnc1S/C=C/C(=O)Nc1ccccc1. The topological polar surface area (TPSA) is 46.9 Å². The first-order valence-corrected chi connectivity index (χ1v) is 6.30. The molecule has 0 spiro atoms. The van der Waals surface area contributed by atoms with Crippen molar-refractivity contribution in [2.24, 2.45) is 7.05 Å². The summed E-state index contributed by atoms with van der Waals surface area (Å²) < 4.78 is 1.89. The van der Waals surface area contributed by atoms with Crippen LogP contribution in [0.15, 0.2) is 59.4 Å². The highest BCUT2D eigenvalue weighted by Gasteiger charge is 1.98. The van der Waals surface area contributed by atoms with Gasteiger partial charge in [0.1, 0.15) is 0 Å². The number of thioether (sulfide) groups is 1. The van der Waals surface area contributed by atoms with Crippen molar-refractivity contribution in [3.05, 3.63) is 54.2 Å². The van der Waals surface area contributed by atoms with Crippen LogP contribution in [0.5, 0.6) is 0 Å². The number of imidazole rings is 1. The maximum atomic E-state index is 11.6. The molecule has 0 saturated heterocycles. The van der Waals surface area contributed by atoms with Crippen LogP contribution >= 0.6 is 11.8 Å². The summed E-state index contributed by atoms with van der Waals surface area (Å²) in [4.78, 5) is 15.7. The zero-order valence-corrected chi connectivity index (χ0v) is 10.7. The molecule has 4 nitrogen and oxygen atoms in total. The van der Waals surface area contributed by atoms with E-state index in [1.54, 1.807) is 11.6 Å². The summed E-state index contributed by atoms with van der Waals surface area (Å²) in [6.45, 7) is 0. The van der Waals surface area contributed by atoms with Gasteiger partial charge in [-0.1, -0.05) is 30.0 Å². The molecule has 1 aromatic heterocycles. The first-order valence-electron chi connectivity index (χ1n) is 5.42. The van der Waals surface area contributed by atoms with E-state index in [0.717, 1.165) is 10.8 Å². The van der Waals surface area contributed by atoms with Gasteiger partial charge in [0.25, 0.3) is 0 Å². The van der Waals surface area contributed by atoms with Gasteiger partial charge in [0, 0.05) is 31.2 Å². The second-order valence-corrected chi connectivity index (χ2v) is 4.47. The quantitative estimate of drug-likeness (QED) is 0.678. The molecule has 5 heteroatoms. The summed E-state index contributed by atoms with van der Waals surface area (Å²) in [5.74, 6) is -0.150. The van der Waals surface area contributed by atoms with Gasteiger partial charge in [-0.25, -0.2) is 4.98 Å². The van der Waals surface area contributed by atoms with Crippen LogP contribution in [0.3, 0.4) is 0 Å². The van der Waals surface area contributed by atoms with Crippen LogP contribution in [0, 0.1) is 0 Å². The van der Waals surface area contributed by atoms with Gasteiger partial charge in [-0.3, -0.25) is 4.79 Å². The summed E-state index contributed by atoms with van der Waals surface area (Å²) in [6, 6.07) is 9.35. The summed E-state index contributed by atoms with van der Waals surface area (Å²) in [5.41, 5.74) is 0.786. The third kappa shape index (κ3) is 3.49. The van der Waals surface area contributed by atoms with Gasteiger partial charge in [-0.2, -0.15) is 0 Å². The molecule has 2 aromatic rings. The Balaban J connectivity index is 1.86. The van der Waals surface area contributed by atoms with Gasteiger partial charge in [-0.05, 0) is 17.5 Å². The minimum Gasteiger partial charge on any atom is -0.329 e. The van der Waals surface area contributed by atoms with Crippen molar-refractivity contribution in [1.29, 1.82) is 0 Å². The third-order valence-electron chi connectivity index (χ3n) is 2.21. The van der Waals surface area contributed by atoms with E-state index >= 15 is 0 Å². The fraction of sp³-hybridized carbons (Fsp3) is 0.0769. The Morgan fingerprint density at radius 2 is 2.17 bits per heavy atom. The summed E-state index contributed by atoms with van der Waals surface area (Å²) in [5, 5.41) is 5.34. The van der Waals surface area contributed by atoms with Crippen LogP contribution in [0.4, 0.5) is 5.69 Å². The fourth-order valence-corrected chi connectivity index (χ4v) is 1.99. The van der Waals surface area contributed by atoms with E-state index in [4.69, 9.17) is 0 Å². The smallest absolute Gasteiger partial charge is 0.248 e. The first kappa shape index (κ1) is 12.4. The molecule has 0 fully saturated rings.